The predicted molar refractivity (Wildman–Crippen MR) is 59.5 cm³/mol. The highest BCUT2D eigenvalue weighted by Gasteiger charge is 2.03. The van der Waals surface area contributed by atoms with E-state index in [0.717, 1.165) is 10.1 Å². The summed E-state index contributed by atoms with van der Waals surface area (Å²) < 4.78 is 0. The molecule has 4 N–H and O–H groups in total. The van der Waals surface area contributed by atoms with E-state index in [9.17, 15) is 0 Å². The van der Waals surface area contributed by atoms with Gasteiger partial charge >= 0.3 is 0 Å². The lowest BCUT2D eigenvalue weighted by atomic mass is 10.3. The smallest absolute Gasteiger partial charge is 0.188 e. The summed E-state index contributed by atoms with van der Waals surface area (Å²) in [5.41, 5.74) is 5.83. The lowest BCUT2D eigenvalue weighted by Crippen LogP contribution is -2.14. The molecule has 0 amide bonds. The number of imidazole rings is 1. The molecule has 0 unspecified atom stereocenters. The number of oxime groups is 1. The lowest BCUT2D eigenvalue weighted by Gasteiger charge is -1.99. The van der Waals surface area contributed by atoms with Crippen LogP contribution in [0.5, 0.6) is 0 Å². The van der Waals surface area contributed by atoms with Gasteiger partial charge in [-0.1, -0.05) is 16.9 Å². The van der Waals surface area contributed by atoms with E-state index in [1.807, 2.05) is 6.07 Å². The van der Waals surface area contributed by atoms with Crippen LogP contribution in [0.2, 0.25) is 0 Å². The average Bonchev–Trinajstić information content (AvgIpc) is 2.82. The normalized spacial score (nSPS) is 11.6. The van der Waals surface area contributed by atoms with Gasteiger partial charge in [-0.2, -0.15) is 0 Å². The second kappa shape index (κ2) is 4.67. The van der Waals surface area contributed by atoms with Crippen LogP contribution < -0.4 is 5.73 Å². The quantitative estimate of drug-likeness (QED) is 0.319. The zero-order valence-electron chi connectivity index (χ0n) is 8.16. The van der Waals surface area contributed by atoms with Crippen molar-refractivity contribution in [3.05, 3.63) is 36.4 Å². The van der Waals surface area contributed by atoms with E-state index >= 15 is 0 Å². The number of pyridine rings is 1. The van der Waals surface area contributed by atoms with Gasteiger partial charge in [0.15, 0.2) is 11.0 Å². The van der Waals surface area contributed by atoms with Crippen molar-refractivity contribution in [1.82, 2.24) is 15.0 Å². The second-order valence-corrected chi connectivity index (χ2v) is 3.92. The number of nitrogens with zero attached hydrogens (tertiary/aromatic N) is 3. The Bertz CT molecular complexity index is 479. The van der Waals surface area contributed by atoms with Crippen LogP contribution in [0.1, 0.15) is 5.69 Å². The molecule has 2 heterocycles. The van der Waals surface area contributed by atoms with Crippen molar-refractivity contribution >= 4 is 17.6 Å². The van der Waals surface area contributed by atoms with E-state index in [1.165, 1.54) is 11.8 Å². The molecule has 2 rings (SSSR count). The molecule has 16 heavy (non-hydrogen) atoms. The molecule has 0 aliphatic rings. The van der Waals surface area contributed by atoms with Gasteiger partial charge in [0.05, 0.1) is 0 Å². The first kappa shape index (κ1) is 10.5. The Hall–Kier alpha value is -2.02. The third-order valence-corrected chi connectivity index (χ3v) is 2.69. The Balaban J connectivity index is 2.14. The number of hydrogen-bond donors (Lipinski definition) is 3. The van der Waals surface area contributed by atoms with Gasteiger partial charge in [0.25, 0.3) is 0 Å². The summed E-state index contributed by atoms with van der Waals surface area (Å²) in [7, 11) is 0. The molecular formula is C9H9N5OS. The van der Waals surface area contributed by atoms with Gasteiger partial charge in [-0.05, 0) is 12.1 Å². The van der Waals surface area contributed by atoms with Crippen LogP contribution in [-0.2, 0) is 0 Å². The molecule has 0 bridgehead atoms. The van der Waals surface area contributed by atoms with Crippen molar-refractivity contribution in [3.63, 3.8) is 0 Å². The Kier molecular flexibility index (Phi) is 3.06. The fourth-order valence-electron chi connectivity index (χ4n) is 1.06. The summed E-state index contributed by atoms with van der Waals surface area (Å²) in [4.78, 5) is 12.0. The molecular weight excluding hydrogens is 226 g/mol. The molecule has 0 saturated carbocycles. The van der Waals surface area contributed by atoms with E-state index in [1.54, 1.807) is 24.7 Å². The molecule has 0 aromatic carbocycles. The molecule has 0 saturated heterocycles. The molecule has 0 aliphatic heterocycles. The number of hydrogen-bond acceptors (Lipinski definition) is 5. The maximum atomic E-state index is 8.47. The largest absolute Gasteiger partial charge is 0.409 e. The zero-order valence-corrected chi connectivity index (χ0v) is 8.98. The van der Waals surface area contributed by atoms with Gasteiger partial charge in [0.2, 0.25) is 0 Å². The van der Waals surface area contributed by atoms with Gasteiger partial charge in [0, 0.05) is 23.5 Å². The molecule has 2 aromatic heterocycles. The number of nitrogens with two attached hydrogens (primary N) is 1. The second-order valence-electron chi connectivity index (χ2n) is 2.86. The van der Waals surface area contributed by atoms with Crippen LogP contribution in [0.3, 0.4) is 0 Å². The summed E-state index contributed by atoms with van der Waals surface area (Å²) in [6.45, 7) is 0. The van der Waals surface area contributed by atoms with Crippen molar-refractivity contribution in [2.24, 2.45) is 10.9 Å². The highest BCUT2D eigenvalue weighted by molar-refractivity contribution is 7.99. The summed E-state index contributed by atoms with van der Waals surface area (Å²) in [6, 6.07) is 3.51. The number of nitrogens with one attached hydrogen (secondary N) is 1. The van der Waals surface area contributed by atoms with E-state index in [4.69, 9.17) is 10.9 Å². The summed E-state index contributed by atoms with van der Waals surface area (Å²) in [6.07, 6.45) is 5.07. The van der Waals surface area contributed by atoms with E-state index < -0.39 is 0 Å². The van der Waals surface area contributed by atoms with Gasteiger partial charge in [-0.3, -0.25) is 4.98 Å². The number of rotatable bonds is 3. The molecule has 0 atom stereocenters. The Morgan fingerprint density at radius 3 is 2.88 bits per heavy atom. The van der Waals surface area contributed by atoms with Gasteiger partial charge in [0.1, 0.15) is 5.69 Å². The Morgan fingerprint density at radius 2 is 2.31 bits per heavy atom. The minimum absolute atomic E-state index is 0.00505. The highest BCUT2D eigenvalue weighted by atomic mass is 32.2. The summed E-state index contributed by atoms with van der Waals surface area (Å²) >= 11 is 1.45. The summed E-state index contributed by atoms with van der Waals surface area (Å²) in [5.74, 6) is -0.00505. The molecule has 0 aliphatic carbocycles. The minimum atomic E-state index is -0.00505. The van der Waals surface area contributed by atoms with Crippen LogP contribution in [0, 0.1) is 0 Å². The van der Waals surface area contributed by atoms with Crippen molar-refractivity contribution < 1.29 is 5.21 Å². The third-order valence-electron chi connectivity index (χ3n) is 1.79. The molecule has 0 fully saturated rings. The maximum absolute atomic E-state index is 8.47. The van der Waals surface area contributed by atoms with Crippen LogP contribution in [0.4, 0.5) is 0 Å². The van der Waals surface area contributed by atoms with E-state index in [0.29, 0.717) is 5.69 Å². The zero-order chi connectivity index (χ0) is 11.4. The summed E-state index contributed by atoms with van der Waals surface area (Å²) in [5, 5.41) is 12.1. The minimum Gasteiger partial charge on any atom is -0.409 e. The molecule has 0 radical (unpaired) electrons. The molecule has 0 spiro atoms. The van der Waals surface area contributed by atoms with Crippen molar-refractivity contribution in [1.29, 1.82) is 0 Å². The molecule has 7 heteroatoms. The average molecular weight is 235 g/mol. The number of aromatic amines is 1. The molecule has 6 nitrogen and oxygen atoms in total. The van der Waals surface area contributed by atoms with Crippen molar-refractivity contribution in [2.45, 2.75) is 10.1 Å². The van der Waals surface area contributed by atoms with Gasteiger partial charge in [-0.15, -0.1) is 0 Å². The first-order chi connectivity index (χ1) is 7.79. The maximum Gasteiger partial charge on any atom is 0.188 e. The lowest BCUT2D eigenvalue weighted by molar-refractivity contribution is 0.318. The standard InChI is InChI=1S/C9H9N5OS/c10-8(14-15)7-2-1-6(5-13-7)16-9-11-3-4-12-9/h1-5,15H,(H2,10,14)(H,11,12). The third kappa shape index (κ3) is 2.31. The predicted octanol–water partition coefficient (Wildman–Crippen LogP) is 1.05. The SMILES string of the molecule is N/C(=N/O)c1ccc(Sc2ncc[nH]2)cn1. The van der Waals surface area contributed by atoms with Crippen LogP contribution in [0.25, 0.3) is 0 Å². The Morgan fingerprint density at radius 1 is 1.44 bits per heavy atom. The number of H-pyrrole nitrogens is 1. The van der Waals surface area contributed by atoms with Crippen molar-refractivity contribution in [2.75, 3.05) is 0 Å². The number of amidine groups is 1. The monoisotopic (exact) mass is 235 g/mol. The first-order valence-corrected chi connectivity index (χ1v) is 5.22. The number of aromatic nitrogens is 3. The van der Waals surface area contributed by atoms with Crippen LogP contribution >= 0.6 is 11.8 Å². The van der Waals surface area contributed by atoms with E-state index in [2.05, 4.69) is 20.1 Å². The highest BCUT2D eigenvalue weighted by Crippen LogP contribution is 2.23. The first-order valence-electron chi connectivity index (χ1n) is 4.41. The van der Waals surface area contributed by atoms with Gasteiger partial charge < -0.3 is 15.9 Å². The van der Waals surface area contributed by atoms with Crippen LogP contribution in [0.15, 0.2) is 45.9 Å². The fraction of sp³-hybridized carbons (Fsp3) is 0. The van der Waals surface area contributed by atoms with Crippen LogP contribution in [-0.4, -0.2) is 26.0 Å². The van der Waals surface area contributed by atoms with Crippen molar-refractivity contribution in [3.8, 4) is 0 Å². The topological polar surface area (TPSA) is 100 Å². The van der Waals surface area contributed by atoms with Gasteiger partial charge in [-0.25, -0.2) is 4.98 Å². The fourth-order valence-corrected chi connectivity index (χ4v) is 1.77. The Labute approximate surface area is 95.6 Å². The van der Waals surface area contributed by atoms with E-state index in [-0.39, 0.29) is 5.84 Å². The molecule has 82 valence electrons. The molecule has 2 aromatic rings.